The molecule has 1 N–H and O–H groups in total. The van der Waals surface area contributed by atoms with Crippen molar-refractivity contribution >= 4 is 23.1 Å². The van der Waals surface area contributed by atoms with Crippen LogP contribution in [0.15, 0.2) is 67.0 Å². The fraction of sp³-hybridized carbons (Fsp3) is 0.150. The van der Waals surface area contributed by atoms with Gasteiger partial charge in [0.15, 0.2) is 0 Å². The van der Waals surface area contributed by atoms with Crippen molar-refractivity contribution in [3.05, 3.63) is 72.7 Å². The van der Waals surface area contributed by atoms with Crippen molar-refractivity contribution in [2.24, 2.45) is 0 Å². The molecule has 3 rings (SSSR count). The number of aromatic nitrogens is 2. The standard InChI is InChI=1S/C20H20N4O2/c1-3-24(16-7-5-4-6-8-16)20(25)18-13-22-19(14-21-18)23-15-9-11-17(26-2)12-10-15/h4-14H,3H2,1-2H3,(H,22,23). The second-order valence-electron chi connectivity index (χ2n) is 5.53. The van der Waals surface area contributed by atoms with E-state index >= 15 is 0 Å². The van der Waals surface area contributed by atoms with Gasteiger partial charge in [-0.3, -0.25) is 4.79 Å². The van der Waals surface area contributed by atoms with Crippen LogP contribution in [0.25, 0.3) is 0 Å². The summed E-state index contributed by atoms with van der Waals surface area (Å²) in [4.78, 5) is 22.9. The molecule has 0 unspecified atom stereocenters. The monoisotopic (exact) mass is 348 g/mol. The van der Waals surface area contributed by atoms with Gasteiger partial charge in [0.2, 0.25) is 0 Å². The van der Waals surface area contributed by atoms with Gasteiger partial charge in [0.05, 0.1) is 19.5 Å². The van der Waals surface area contributed by atoms with Crippen LogP contribution in [-0.4, -0.2) is 29.5 Å². The summed E-state index contributed by atoms with van der Waals surface area (Å²) in [5.41, 5.74) is 2.00. The minimum absolute atomic E-state index is 0.179. The minimum atomic E-state index is -0.179. The highest BCUT2D eigenvalue weighted by atomic mass is 16.5. The maximum atomic E-state index is 12.7. The number of amides is 1. The zero-order valence-electron chi connectivity index (χ0n) is 14.7. The van der Waals surface area contributed by atoms with Crippen LogP contribution in [0.3, 0.4) is 0 Å². The van der Waals surface area contributed by atoms with Gasteiger partial charge in [0.1, 0.15) is 17.3 Å². The van der Waals surface area contributed by atoms with Crippen LogP contribution in [0.5, 0.6) is 5.75 Å². The number of carbonyl (C=O) groups is 1. The average Bonchev–Trinajstić information content (AvgIpc) is 2.70. The van der Waals surface area contributed by atoms with Gasteiger partial charge in [-0.05, 0) is 43.3 Å². The molecule has 2 aromatic carbocycles. The smallest absolute Gasteiger partial charge is 0.278 e. The lowest BCUT2D eigenvalue weighted by atomic mass is 10.2. The molecular formula is C20H20N4O2. The highest BCUT2D eigenvalue weighted by molar-refractivity contribution is 6.04. The van der Waals surface area contributed by atoms with Gasteiger partial charge in [-0.1, -0.05) is 18.2 Å². The molecule has 1 amide bonds. The molecule has 0 radical (unpaired) electrons. The van der Waals surface area contributed by atoms with E-state index in [1.54, 1.807) is 18.2 Å². The molecule has 1 heterocycles. The lowest BCUT2D eigenvalue weighted by molar-refractivity contribution is 0.0983. The van der Waals surface area contributed by atoms with Crippen LogP contribution in [0.1, 0.15) is 17.4 Å². The Morgan fingerprint density at radius 1 is 1.04 bits per heavy atom. The lowest BCUT2D eigenvalue weighted by Crippen LogP contribution is -2.31. The van der Waals surface area contributed by atoms with Gasteiger partial charge in [0, 0.05) is 17.9 Å². The number of methoxy groups -OCH3 is 1. The third-order valence-corrected chi connectivity index (χ3v) is 3.86. The van der Waals surface area contributed by atoms with Crippen LogP contribution >= 0.6 is 0 Å². The Balaban J connectivity index is 1.72. The fourth-order valence-electron chi connectivity index (χ4n) is 2.51. The highest BCUT2D eigenvalue weighted by Gasteiger charge is 2.17. The number of ether oxygens (including phenoxy) is 1. The summed E-state index contributed by atoms with van der Waals surface area (Å²) in [7, 11) is 1.62. The zero-order chi connectivity index (χ0) is 18.4. The summed E-state index contributed by atoms with van der Waals surface area (Å²) in [5, 5.41) is 3.14. The molecule has 132 valence electrons. The summed E-state index contributed by atoms with van der Waals surface area (Å²) >= 11 is 0. The normalized spacial score (nSPS) is 10.2. The van der Waals surface area contributed by atoms with E-state index in [2.05, 4.69) is 15.3 Å². The Kier molecular flexibility index (Phi) is 5.43. The Bertz CT molecular complexity index is 849. The molecule has 0 aliphatic heterocycles. The molecule has 0 aliphatic carbocycles. The number of anilines is 3. The number of benzene rings is 2. The van der Waals surface area contributed by atoms with Crippen LogP contribution in [0.4, 0.5) is 17.2 Å². The Morgan fingerprint density at radius 2 is 1.77 bits per heavy atom. The van der Waals surface area contributed by atoms with Crippen LogP contribution < -0.4 is 15.0 Å². The Hall–Kier alpha value is -3.41. The van der Waals surface area contributed by atoms with Crippen molar-refractivity contribution in [2.75, 3.05) is 23.9 Å². The van der Waals surface area contributed by atoms with Gasteiger partial charge < -0.3 is 15.0 Å². The van der Waals surface area contributed by atoms with Crippen molar-refractivity contribution in [1.29, 1.82) is 0 Å². The number of para-hydroxylation sites is 1. The maximum Gasteiger partial charge on any atom is 0.278 e. The quantitative estimate of drug-likeness (QED) is 0.732. The fourth-order valence-corrected chi connectivity index (χ4v) is 2.51. The van der Waals surface area contributed by atoms with Crippen LogP contribution in [-0.2, 0) is 0 Å². The highest BCUT2D eigenvalue weighted by Crippen LogP contribution is 2.19. The molecule has 0 fully saturated rings. The largest absolute Gasteiger partial charge is 0.497 e. The van der Waals surface area contributed by atoms with E-state index in [0.29, 0.717) is 18.1 Å². The molecular weight excluding hydrogens is 328 g/mol. The minimum Gasteiger partial charge on any atom is -0.497 e. The van der Waals surface area contributed by atoms with Gasteiger partial charge in [-0.2, -0.15) is 0 Å². The molecule has 0 spiro atoms. The number of nitrogens with one attached hydrogen (secondary N) is 1. The lowest BCUT2D eigenvalue weighted by Gasteiger charge is -2.20. The molecule has 26 heavy (non-hydrogen) atoms. The third-order valence-electron chi connectivity index (χ3n) is 3.86. The first kappa shape index (κ1) is 17.4. The first-order valence-corrected chi connectivity index (χ1v) is 8.31. The summed E-state index contributed by atoms with van der Waals surface area (Å²) in [6, 6.07) is 17.0. The number of rotatable bonds is 6. The topological polar surface area (TPSA) is 67.4 Å². The number of nitrogens with zero attached hydrogens (tertiary/aromatic N) is 3. The summed E-state index contributed by atoms with van der Waals surface area (Å²) < 4.78 is 5.13. The first-order chi connectivity index (χ1) is 12.7. The van der Waals surface area contributed by atoms with Crippen molar-refractivity contribution in [3.8, 4) is 5.75 Å². The molecule has 6 nitrogen and oxygen atoms in total. The van der Waals surface area contributed by atoms with Crippen molar-refractivity contribution in [1.82, 2.24) is 9.97 Å². The van der Waals surface area contributed by atoms with E-state index < -0.39 is 0 Å². The average molecular weight is 348 g/mol. The Morgan fingerprint density at radius 3 is 2.35 bits per heavy atom. The van der Waals surface area contributed by atoms with Crippen LogP contribution in [0, 0.1) is 0 Å². The molecule has 3 aromatic rings. The molecule has 0 bridgehead atoms. The van der Waals surface area contributed by atoms with E-state index in [9.17, 15) is 4.79 Å². The summed E-state index contributed by atoms with van der Waals surface area (Å²) in [5.74, 6) is 1.17. The Labute approximate surface area is 152 Å². The van der Waals surface area contributed by atoms with Gasteiger partial charge in [0.25, 0.3) is 5.91 Å². The van der Waals surface area contributed by atoms with E-state index in [1.807, 2.05) is 61.5 Å². The third kappa shape index (κ3) is 3.97. The summed E-state index contributed by atoms with van der Waals surface area (Å²) in [6.07, 6.45) is 3.04. The number of hydrogen-bond donors (Lipinski definition) is 1. The first-order valence-electron chi connectivity index (χ1n) is 8.31. The SMILES string of the molecule is CCN(C(=O)c1cnc(Nc2ccc(OC)cc2)cn1)c1ccccc1. The zero-order valence-corrected chi connectivity index (χ0v) is 14.7. The van der Waals surface area contributed by atoms with E-state index in [1.165, 1.54) is 6.20 Å². The molecule has 0 saturated carbocycles. The van der Waals surface area contributed by atoms with E-state index in [-0.39, 0.29) is 5.91 Å². The number of hydrogen-bond acceptors (Lipinski definition) is 5. The van der Waals surface area contributed by atoms with Gasteiger partial charge >= 0.3 is 0 Å². The van der Waals surface area contributed by atoms with Crippen molar-refractivity contribution in [3.63, 3.8) is 0 Å². The second kappa shape index (κ2) is 8.11. The predicted molar refractivity (Wildman–Crippen MR) is 102 cm³/mol. The maximum absolute atomic E-state index is 12.7. The predicted octanol–water partition coefficient (Wildman–Crippen LogP) is 3.90. The van der Waals surface area contributed by atoms with Gasteiger partial charge in [-0.25, -0.2) is 9.97 Å². The summed E-state index contributed by atoms with van der Waals surface area (Å²) in [6.45, 7) is 2.48. The molecule has 0 saturated heterocycles. The van der Waals surface area contributed by atoms with Crippen molar-refractivity contribution < 1.29 is 9.53 Å². The van der Waals surface area contributed by atoms with E-state index in [4.69, 9.17) is 4.74 Å². The molecule has 0 atom stereocenters. The molecule has 1 aromatic heterocycles. The van der Waals surface area contributed by atoms with E-state index in [0.717, 1.165) is 17.1 Å². The second-order valence-corrected chi connectivity index (χ2v) is 5.53. The molecule has 0 aliphatic rings. The number of carbonyl (C=O) groups excluding carboxylic acids is 1. The molecule has 6 heteroatoms. The van der Waals surface area contributed by atoms with Crippen LogP contribution in [0.2, 0.25) is 0 Å². The van der Waals surface area contributed by atoms with Crippen molar-refractivity contribution in [2.45, 2.75) is 6.92 Å². The van der Waals surface area contributed by atoms with Gasteiger partial charge in [-0.15, -0.1) is 0 Å².